The van der Waals surface area contributed by atoms with Gasteiger partial charge in [-0.3, -0.25) is 9.69 Å². The van der Waals surface area contributed by atoms with Crippen LogP contribution < -0.4 is 5.56 Å². The minimum atomic E-state index is -0.0493. The van der Waals surface area contributed by atoms with Crippen LogP contribution in [-0.4, -0.2) is 42.8 Å². The summed E-state index contributed by atoms with van der Waals surface area (Å²) in [7, 11) is 0. The van der Waals surface area contributed by atoms with Crippen LogP contribution in [0.15, 0.2) is 46.6 Å². The van der Waals surface area contributed by atoms with Crippen molar-refractivity contribution in [3.05, 3.63) is 74.0 Å². The monoisotopic (exact) mass is 492 g/mol. The summed E-state index contributed by atoms with van der Waals surface area (Å²) in [5.41, 5.74) is 2.73. The molecule has 5 rings (SSSR count). The molecular formula is C26H32N6O2S. The number of aromatic nitrogens is 5. The molecule has 0 saturated carbocycles. The summed E-state index contributed by atoms with van der Waals surface area (Å²) in [6.07, 6.45) is 4.13. The first-order valence-electron chi connectivity index (χ1n) is 12.4. The van der Waals surface area contributed by atoms with Gasteiger partial charge in [0.1, 0.15) is 0 Å². The number of aryl methyl sites for hydroxylation is 1. The molecule has 0 radical (unpaired) electrons. The normalized spacial score (nSPS) is 16.9. The number of pyridine rings is 1. The van der Waals surface area contributed by atoms with E-state index >= 15 is 0 Å². The van der Waals surface area contributed by atoms with Gasteiger partial charge >= 0.3 is 0 Å². The van der Waals surface area contributed by atoms with E-state index in [1.54, 1.807) is 11.3 Å². The maximum atomic E-state index is 13.1. The molecular weight excluding hydrogens is 460 g/mol. The minimum Gasteiger partial charge on any atom is -0.376 e. The Hall–Kier alpha value is -2.88. The average molecular weight is 493 g/mol. The van der Waals surface area contributed by atoms with Gasteiger partial charge in [-0.1, -0.05) is 31.0 Å². The van der Waals surface area contributed by atoms with Crippen LogP contribution in [0.5, 0.6) is 0 Å². The molecule has 0 bridgehead atoms. The lowest BCUT2D eigenvalue weighted by Gasteiger charge is -2.30. The van der Waals surface area contributed by atoms with Crippen LogP contribution in [0.3, 0.4) is 0 Å². The second-order valence-corrected chi connectivity index (χ2v) is 10.4. The highest BCUT2D eigenvalue weighted by Crippen LogP contribution is 2.29. The molecule has 0 aliphatic carbocycles. The maximum Gasteiger partial charge on any atom is 0.252 e. The van der Waals surface area contributed by atoms with Gasteiger partial charge in [-0.25, -0.2) is 4.68 Å². The summed E-state index contributed by atoms with van der Waals surface area (Å²) in [5, 5.41) is 16.0. The van der Waals surface area contributed by atoms with Crippen molar-refractivity contribution in [2.24, 2.45) is 0 Å². The topological polar surface area (TPSA) is 88.9 Å². The van der Waals surface area contributed by atoms with E-state index in [-0.39, 0.29) is 17.7 Å². The van der Waals surface area contributed by atoms with Crippen LogP contribution in [0.4, 0.5) is 0 Å². The summed E-state index contributed by atoms with van der Waals surface area (Å²) >= 11 is 1.73. The van der Waals surface area contributed by atoms with Gasteiger partial charge in [0.15, 0.2) is 5.82 Å². The summed E-state index contributed by atoms with van der Waals surface area (Å²) in [5.74, 6) is 0.840. The zero-order valence-corrected chi connectivity index (χ0v) is 21.1. The second kappa shape index (κ2) is 10.8. The van der Waals surface area contributed by atoms with E-state index in [4.69, 9.17) is 4.74 Å². The van der Waals surface area contributed by atoms with E-state index in [9.17, 15) is 4.79 Å². The Bertz CT molecular complexity index is 1310. The van der Waals surface area contributed by atoms with Crippen molar-refractivity contribution in [3.63, 3.8) is 0 Å². The fourth-order valence-corrected chi connectivity index (χ4v) is 5.63. The Balaban J connectivity index is 1.50. The number of benzene rings is 1. The first kappa shape index (κ1) is 23.8. The molecule has 0 unspecified atom stereocenters. The van der Waals surface area contributed by atoms with Gasteiger partial charge in [-0.2, -0.15) is 0 Å². The number of nitrogens with zero attached hydrogens (tertiary/aromatic N) is 5. The maximum absolute atomic E-state index is 13.1. The fourth-order valence-electron chi connectivity index (χ4n) is 4.90. The minimum absolute atomic E-state index is 0.0221. The first-order chi connectivity index (χ1) is 17.1. The number of ether oxygens (including phenoxy) is 1. The Morgan fingerprint density at radius 2 is 2.20 bits per heavy atom. The molecule has 1 aliphatic heterocycles. The van der Waals surface area contributed by atoms with Gasteiger partial charge in [0.25, 0.3) is 5.56 Å². The van der Waals surface area contributed by atoms with Gasteiger partial charge in [0.05, 0.1) is 18.7 Å². The lowest BCUT2D eigenvalue weighted by atomic mass is 10.1. The molecule has 4 heterocycles. The van der Waals surface area contributed by atoms with Crippen LogP contribution in [-0.2, 0) is 24.4 Å². The van der Waals surface area contributed by atoms with E-state index in [0.29, 0.717) is 13.1 Å². The molecule has 0 amide bonds. The van der Waals surface area contributed by atoms with Crippen LogP contribution in [0.25, 0.3) is 10.9 Å². The number of rotatable bonds is 10. The number of H-pyrrole nitrogens is 1. The Kier molecular flexibility index (Phi) is 7.36. The summed E-state index contributed by atoms with van der Waals surface area (Å²) in [4.78, 5) is 19.7. The highest BCUT2D eigenvalue weighted by atomic mass is 32.1. The van der Waals surface area contributed by atoms with Gasteiger partial charge in [0.2, 0.25) is 0 Å². The lowest BCUT2D eigenvalue weighted by Crippen LogP contribution is -2.33. The fraction of sp³-hybridized carbons (Fsp3) is 0.462. The van der Waals surface area contributed by atoms with E-state index in [2.05, 4.69) is 62.8 Å². The molecule has 1 fully saturated rings. The smallest absolute Gasteiger partial charge is 0.252 e. The van der Waals surface area contributed by atoms with Crippen molar-refractivity contribution in [1.82, 2.24) is 30.1 Å². The number of hydrogen-bond acceptors (Lipinski definition) is 7. The van der Waals surface area contributed by atoms with Crippen LogP contribution in [0, 0.1) is 6.92 Å². The number of fused-ring (bicyclic) bond motifs is 1. The van der Waals surface area contributed by atoms with Crippen molar-refractivity contribution < 1.29 is 4.74 Å². The highest BCUT2D eigenvalue weighted by molar-refractivity contribution is 7.09. The third-order valence-corrected chi connectivity index (χ3v) is 7.51. The zero-order valence-electron chi connectivity index (χ0n) is 20.3. The van der Waals surface area contributed by atoms with E-state index in [0.717, 1.165) is 61.1 Å². The quantitative estimate of drug-likeness (QED) is 0.348. The largest absolute Gasteiger partial charge is 0.376 e. The Labute approximate surface area is 208 Å². The van der Waals surface area contributed by atoms with E-state index < -0.39 is 0 Å². The molecule has 8 nitrogen and oxygen atoms in total. The molecule has 1 saturated heterocycles. The van der Waals surface area contributed by atoms with E-state index in [1.807, 2.05) is 22.9 Å². The number of tetrazole rings is 1. The summed E-state index contributed by atoms with van der Waals surface area (Å²) in [6, 6.07) is 12.3. The van der Waals surface area contributed by atoms with Crippen LogP contribution in [0.2, 0.25) is 0 Å². The van der Waals surface area contributed by atoms with Gasteiger partial charge < -0.3 is 9.72 Å². The van der Waals surface area contributed by atoms with Crippen molar-refractivity contribution in [2.75, 3.05) is 6.61 Å². The van der Waals surface area contributed by atoms with Gasteiger partial charge in [0, 0.05) is 35.7 Å². The Morgan fingerprint density at radius 1 is 1.29 bits per heavy atom. The van der Waals surface area contributed by atoms with Gasteiger partial charge in [-0.15, -0.1) is 16.4 Å². The molecule has 4 aromatic rings. The zero-order chi connectivity index (χ0) is 24.2. The third kappa shape index (κ3) is 5.52. The molecule has 184 valence electrons. The standard InChI is InChI=1S/C26H32N6O2S/c1-3-6-24(25-28-29-30-32(25)16-21-7-4-11-34-21)31(17-22-8-5-12-35-22)15-20-14-19-13-18(2)9-10-23(19)27-26(20)33/h5,8-10,12-14,21,24H,3-4,6-7,11,15-17H2,1-2H3,(H,27,33)/t21-,24+/m1/s1. The summed E-state index contributed by atoms with van der Waals surface area (Å²) in [6.45, 7) is 6.93. The van der Waals surface area contributed by atoms with Crippen molar-refractivity contribution in [2.45, 2.75) is 71.3 Å². The molecule has 1 N–H and O–H groups in total. The molecule has 2 atom stereocenters. The SMILES string of the molecule is CCC[C@@H](c1nnnn1C[C@H]1CCCO1)N(Cc1cccs1)Cc1cc2cc(C)ccc2[nH]c1=O. The van der Waals surface area contributed by atoms with Gasteiger partial charge in [-0.05, 0) is 71.6 Å². The van der Waals surface area contributed by atoms with E-state index in [1.165, 1.54) is 10.4 Å². The molecule has 9 heteroatoms. The Morgan fingerprint density at radius 3 is 2.97 bits per heavy atom. The number of aromatic amines is 1. The highest BCUT2D eigenvalue weighted by Gasteiger charge is 2.28. The molecule has 35 heavy (non-hydrogen) atoms. The predicted octanol–water partition coefficient (Wildman–Crippen LogP) is 4.61. The van der Waals surface area contributed by atoms with Crippen LogP contribution >= 0.6 is 11.3 Å². The first-order valence-corrected chi connectivity index (χ1v) is 13.3. The number of hydrogen-bond donors (Lipinski definition) is 1. The number of thiophene rings is 1. The lowest BCUT2D eigenvalue weighted by molar-refractivity contribution is 0.0885. The van der Waals surface area contributed by atoms with Crippen molar-refractivity contribution in [1.29, 1.82) is 0 Å². The average Bonchev–Trinajstić information content (AvgIpc) is 3.62. The number of nitrogens with one attached hydrogen (secondary N) is 1. The molecule has 0 spiro atoms. The summed E-state index contributed by atoms with van der Waals surface area (Å²) < 4.78 is 7.76. The van der Waals surface area contributed by atoms with Crippen LogP contribution in [0.1, 0.15) is 60.5 Å². The predicted molar refractivity (Wildman–Crippen MR) is 137 cm³/mol. The van der Waals surface area contributed by atoms with Crippen molar-refractivity contribution in [3.8, 4) is 0 Å². The second-order valence-electron chi connectivity index (χ2n) is 9.36. The van der Waals surface area contributed by atoms with Crippen molar-refractivity contribution >= 4 is 22.2 Å². The molecule has 3 aromatic heterocycles. The molecule has 1 aromatic carbocycles. The molecule has 1 aliphatic rings. The third-order valence-electron chi connectivity index (χ3n) is 6.65.